The van der Waals surface area contributed by atoms with Gasteiger partial charge in [-0.25, -0.2) is 9.59 Å². The number of ether oxygens (including phenoxy) is 2. The quantitative estimate of drug-likeness (QED) is 0.730. The molecule has 2 amide bonds. The smallest absolute Gasteiger partial charge is 0.408 e. The average Bonchev–Trinajstić information content (AvgIpc) is 2.82. The molecule has 0 radical (unpaired) electrons. The van der Waals surface area contributed by atoms with E-state index in [0.717, 1.165) is 0 Å². The topological polar surface area (TPSA) is 111 Å². The van der Waals surface area contributed by atoms with Crippen molar-refractivity contribution in [1.29, 1.82) is 0 Å². The van der Waals surface area contributed by atoms with E-state index in [4.69, 9.17) is 15.2 Å². The molecule has 0 aromatic carbocycles. The van der Waals surface area contributed by atoms with E-state index in [0.29, 0.717) is 6.42 Å². The third kappa shape index (κ3) is 5.88. The molecule has 1 heterocycles. The number of hydrogen-bond donors (Lipinski definition) is 2. The zero-order valence-corrected chi connectivity index (χ0v) is 16.2. The van der Waals surface area contributed by atoms with Crippen molar-refractivity contribution in [2.75, 3.05) is 13.7 Å². The molecule has 1 aliphatic rings. The zero-order valence-electron chi connectivity index (χ0n) is 16.2. The van der Waals surface area contributed by atoms with Crippen LogP contribution in [0, 0.1) is 5.41 Å². The maximum Gasteiger partial charge on any atom is 0.408 e. The maximum atomic E-state index is 13.1. The van der Waals surface area contributed by atoms with Crippen LogP contribution in [0.3, 0.4) is 0 Å². The number of methoxy groups -OCH3 is 1. The summed E-state index contributed by atoms with van der Waals surface area (Å²) >= 11 is 0. The summed E-state index contributed by atoms with van der Waals surface area (Å²) in [5.41, 5.74) is 4.66. The fourth-order valence-electron chi connectivity index (χ4n) is 2.71. The van der Waals surface area contributed by atoms with Crippen molar-refractivity contribution in [3.05, 3.63) is 0 Å². The lowest BCUT2D eigenvalue weighted by Crippen LogP contribution is -2.57. The van der Waals surface area contributed by atoms with Crippen LogP contribution in [-0.2, 0) is 19.1 Å². The van der Waals surface area contributed by atoms with Gasteiger partial charge in [0.1, 0.15) is 17.7 Å². The minimum Gasteiger partial charge on any atom is -0.467 e. The Balaban J connectivity index is 3.01. The Morgan fingerprint density at radius 1 is 1.16 bits per heavy atom. The first-order valence-electron chi connectivity index (χ1n) is 8.39. The van der Waals surface area contributed by atoms with Gasteiger partial charge in [-0.3, -0.25) is 4.79 Å². The number of amides is 2. The summed E-state index contributed by atoms with van der Waals surface area (Å²) < 4.78 is 10.0. The van der Waals surface area contributed by atoms with Gasteiger partial charge in [0.2, 0.25) is 5.91 Å². The van der Waals surface area contributed by atoms with Crippen LogP contribution < -0.4 is 11.1 Å². The number of esters is 1. The van der Waals surface area contributed by atoms with E-state index in [9.17, 15) is 14.4 Å². The molecular weight excluding hydrogens is 326 g/mol. The molecular formula is C17H31N3O5. The summed E-state index contributed by atoms with van der Waals surface area (Å²) in [5, 5.41) is 2.64. The lowest BCUT2D eigenvalue weighted by Gasteiger charge is -2.35. The third-order valence-electron chi connectivity index (χ3n) is 3.86. The summed E-state index contributed by atoms with van der Waals surface area (Å²) in [4.78, 5) is 38.6. The van der Waals surface area contributed by atoms with E-state index in [1.54, 1.807) is 20.8 Å². The summed E-state index contributed by atoms with van der Waals surface area (Å²) in [6.07, 6.45) is -0.347. The number of alkyl carbamates (subject to hydrolysis) is 1. The molecule has 8 nitrogen and oxygen atoms in total. The van der Waals surface area contributed by atoms with Crippen LogP contribution in [-0.4, -0.2) is 60.3 Å². The molecule has 1 aliphatic heterocycles. The second kappa shape index (κ2) is 7.59. The molecule has 1 saturated heterocycles. The van der Waals surface area contributed by atoms with Crippen LogP contribution in [0.4, 0.5) is 4.79 Å². The Kier molecular flexibility index (Phi) is 6.44. The lowest BCUT2D eigenvalue weighted by atomic mass is 9.85. The number of nitrogens with zero attached hydrogens (tertiary/aromatic N) is 1. The SMILES string of the molecule is COC(=O)[C@@H]1C[C@H](N)CN1C(=O)[C@@H](NC(=O)OC(C)(C)C)C(C)(C)C. The van der Waals surface area contributed by atoms with Crippen molar-refractivity contribution in [3.63, 3.8) is 0 Å². The van der Waals surface area contributed by atoms with Crippen LogP contribution in [0.15, 0.2) is 0 Å². The number of rotatable bonds is 3. The van der Waals surface area contributed by atoms with Gasteiger partial charge in [-0.1, -0.05) is 20.8 Å². The summed E-state index contributed by atoms with van der Waals surface area (Å²) in [6.45, 7) is 11.0. The highest BCUT2D eigenvalue weighted by molar-refractivity contribution is 5.91. The van der Waals surface area contributed by atoms with Gasteiger partial charge in [0, 0.05) is 12.6 Å². The van der Waals surface area contributed by atoms with E-state index >= 15 is 0 Å². The van der Waals surface area contributed by atoms with Gasteiger partial charge in [-0.05, 0) is 32.6 Å². The second-order valence-electron chi connectivity index (χ2n) is 8.47. The van der Waals surface area contributed by atoms with Gasteiger partial charge < -0.3 is 25.4 Å². The molecule has 25 heavy (non-hydrogen) atoms. The van der Waals surface area contributed by atoms with Crippen molar-refractivity contribution < 1.29 is 23.9 Å². The van der Waals surface area contributed by atoms with Gasteiger partial charge in [0.15, 0.2) is 0 Å². The minimum absolute atomic E-state index is 0.237. The van der Waals surface area contributed by atoms with Crippen molar-refractivity contribution in [3.8, 4) is 0 Å². The summed E-state index contributed by atoms with van der Waals surface area (Å²) in [6, 6.07) is -1.91. The summed E-state index contributed by atoms with van der Waals surface area (Å²) in [7, 11) is 1.27. The van der Waals surface area contributed by atoms with Gasteiger partial charge in [-0.15, -0.1) is 0 Å². The van der Waals surface area contributed by atoms with Crippen LogP contribution in [0.25, 0.3) is 0 Å². The van der Waals surface area contributed by atoms with Gasteiger partial charge >= 0.3 is 12.1 Å². The maximum absolute atomic E-state index is 13.1. The monoisotopic (exact) mass is 357 g/mol. The molecule has 0 aliphatic carbocycles. The molecule has 3 N–H and O–H groups in total. The fourth-order valence-corrected chi connectivity index (χ4v) is 2.71. The van der Waals surface area contributed by atoms with Gasteiger partial charge in [0.05, 0.1) is 7.11 Å². The Bertz CT molecular complexity index is 521. The van der Waals surface area contributed by atoms with Crippen molar-refractivity contribution in [2.24, 2.45) is 11.1 Å². The highest BCUT2D eigenvalue weighted by Gasteiger charge is 2.44. The normalized spacial score (nSPS) is 22.3. The largest absolute Gasteiger partial charge is 0.467 e. The Labute approximate surface area is 149 Å². The first kappa shape index (κ1) is 21.2. The number of nitrogens with one attached hydrogen (secondary N) is 1. The predicted molar refractivity (Wildman–Crippen MR) is 92.7 cm³/mol. The third-order valence-corrected chi connectivity index (χ3v) is 3.86. The highest BCUT2D eigenvalue weighted by atomic mass is 16.6. The van der Waals surface area contributed by atoms with Crippen LogP contribution in [0.1, 0.15) is 48.0 Å². The number of hydrogen-bond acceptors (Lipinski definition) is 6. The summed E-state index contributed by atoms with van der Waals surface area (Å²) in [5.74, 6) is -0.882. The minimum atomic E-state index is -0.861. The fraction of sp³-hybridized carbons (Fsp3) is 0.824. The number of carbonyl (C=O) groups is 3. The molecule has 144 valence electrons. The van der Waals surface area contributed by atoms with Crippen molar-refractivity contribution >= 4 is 18.0 Å². The van der Waals surface area contributed by atoms with Gasteiger partial charge in [0.25, 0.3) is 0 Å². The van der Waals surface area contributed by atoms with Gasteiger partial charge in [-0.2, -0.15) is 0 Å². The predicted octanol–water partition coefficient (Wildman–Crippen LogP) is 1.03. The Hall–Kier alpha value is -1.83. The molecule has 0 unspecified atom stereocenters. The van der Waals surface area contributed by atoms with E-state index in [1.165, 1.54) is 12.0 Å². The van der Waals surface area contributed by atoms with E-state index in [2.05, 4.69) is 5.32 Å². The molecule has 0 bridgehead atoms. The van der Waals surface area contributed by atoms with Crippen molar-refractivity contribution in [2.45, 2.75) is 71.7 Å². The number of likely N-dealkylation sites (tertiary alicyclic amines) is 1. The molecule has 1 rings (SSSR count). The van der Waals surface area contributed by atoms with Crippen LogP contribution >= 0.6 is 0 Å². The van der Waals surface area contributed by atoms with Crippen LogP contribution in [0.5, 0.6) is 0 Å². The first-order valence-corrected chi connectivity index (χ1v) is 8.39. The van der Waals surface area contributed by atoms with E-state index in [1.807, 2.05) is 20.8 Å². The highest BCUT2D eigenvalue weighted by Crippen LogP contribution is 2.26. The number of nitrogens with two attached hydrogens (primary N) is 1. The van der Waals surface area contributed by atoms with Crippen molar-refractivity contribution in [1.82, 2.24) is 10.2 Å². The Morgan fingerprint density at radius 2 is 1.72 bits per heavy atom. The van der Waals surface area contributed by atoms with E-state index in [-0.39, 0.29) is 18.5 Å². The van der Waals surface area contributed by atoms with Crippen LogP contribution in [0.2, 0.25) is 0 Å². The van der Waals surface area contributed by atoms with E-state index < -0.39 is 35.2 Å². The first-order chi connectivity index (χ1) is 11.3. The molecule has 0 aromatic rings. The second-order valence-corrected chi connectivity index (χ2v) is 8.47. The lowest BCUT2D eigenvalue weighted by molar-refractivity contribution is -0.152. The average molecular weight is 357 g/mol. The zero-order chi connectivity index (χ0) is 19.6. The standard InChI is InChI=1S/C17H31N3O5/c1-16(2,3)12(19-15(23)25-17(4,5)6)13(21)20-9-10(18)8-11(20)14(22)24-7/h10-12H,8-9,18H2,1-7H3,(H,19,23)/t10-,11-,12+/m0/s1. The molecule has 0 saturated carbocycles. The molecule has 1 fully saturated rings. The number of carbonyl (C=O) groups excluding carboxylic acids is 3. The molecule has 3 atom stereocenters. The Morgan fingerprint density at radius 3 is 2.16 bits per heavy atom. The molecule has 0 aromatic heterocycles. The molecule has 0 spiro atoms. The molecule has 8 heteroatoms.